The minimum Gasteiger partial charge on any atom is -0.324 e. The van der Waals surface area contributed by atoms with Gasteiger partial charge in [-0.25, -0.2) is 0 Å². The SMILES string of the molecule is C=C/C=C\c1ccc(-c2c(C=C)c(C)c(-c3ccc(/C(C)=C/N4C=C(c5cccc(C=C)c5/C=C\C)C=CC4=C)cc3)c(/C=C\C)c2CC)cc1C. The van der Waals surface area contributed by atoms with Crippen LogP contribution in [-0.2, 0) is 6.42 Å². The number of hydrogen-bond donors (Lipinski definition) is 0. The van der Waals surface area contributed by atoms with Crippen molar-refractivity contribution in [2.45, 2.75) is 48.0 Å². The van der Waals surface area contributed by atoms with Crippen molar-refractivity contribution in [2.75, 3.05) is 0 Å². The van der Waals surface area contributed by atoms with Crippen LogP contribution in [0.5, 0.6) is 0 Å². The molecule has 0 aliphatic carbocycles. The Morgan fingerprint density at radius 2 is 1.46 bits per heavy atom. The zero-order valence-electron chi connectivity index (χ0n) is 31.8. The molecule has 0 saturated heterocycles. The molecule has 0 atom stereocenters. The van der Waals surface area contributed by atoms with Crippen LogP contribution in [0, 0.1) is 13.8 Å². The van der Waals surface area contributed by atoms with Crippen LogP contribution in [0.15, 0.2) is 142 Å². The summed E-state index contributed by atoms with van der Waals surface area (Å²) in [7, 11) is 0. The third-order valence-corrected chi connectivity index (χ3v) is 9.84. The van der Waals surface area contributed by atoms with Gasteiger partial charge in [-0.3, -0.25) is 0 Å². The summed E-state index contributed by atoms with van der Waals surface area (Å²) in [6.45, 7) is 29.5. The number of allylic oxidation sites excluding steroid dienone is 8. The number of aryl methyl sites for hydroxylation is 1. The van der Waals surface area contributed by atoms with E-state index < -0.39 is 0 Å². The second-order valence-electron chi connectivity index (χ2n) is 13.1. The molecule has 0 aromatic heterocycles. The minimum absolute atomic E-state index is 0.901. The summed E-state index contributed by atoms with van der Waals surface area (Å²) in [5.74, 6) is 0. The molecule has 1 nitrogen and oxygen atoms in total. The maximum atomic E-state index is 4.33. The van der Waals surface area contributed by atoms with Crippen LogP contribution < -0.4 is 0 Å². The first-order valence-electron chi connectivity index (χ1n) is 18.1. The van der Waals surface area contributed by atoms with Gasteiger partial charge >= 0.3 is 0 Å². The van der Waals surface area contributed by atoms with E-state index in [0.29, 0.717) is 0 Å². The zero-order valence-corrected chi connectivity index (χ0v) is 31.8. The number of hydrogen-bond acceptors (Lipinski definition) is 1. The highest BCUT2D eigenvalue weighted by atomic mass is 15.1. The molecule has 1 aliphatic rings. The van der Waals surface area contributed by atoms with Crippen LogP contribution in [0.25, 0.3) is 63.8 Å². The molecular formula is C51H51N. The molecule has 0 bridgehead atoms. The van der Waals surface area contributed by atoms with Crippen molar-refractivity contribution in [3.63, 3.8) is 0 Å². The molecule has 260 valence electrons. The first-order valence-corrected chi connectivity index (χ1v) is 18.1. The van der Waals surface area contributed by atoms with Crippen molar-refractivity contribution in [1.29, 1.82) is 0 Å². The predicted octanol–water partition coefficient (Wildman–Crippen LogP) is 14.5. The molecule has 0 fully saturated rings. The van der Waals surface area contributed by atoms with Gasteiger partial charge in [0.05, 0.1) is 0 Å². The highest BCUT2D eigenvalue weighted by Gasteiger charge is 2.21. The lowest BCUT2D eigenvalue weighted by Gasteiger charge is -2.24. The molecule has 0 unspecified atom stereocenters. The molecular weight excluding hydrogens is 627 g/mol. The van der Waals surface area contributed by atoms with Crippen molar-refractivity contribution < 1.29 is 0 Å². The molecule has 5 rings (SSSR count). The van der Waals surface area contributed by atoms with Gasteiger partial charge < -0.3 is 4.90 Å². The molecule has 0 saturated carbocycles. The number of benzene rings is 4. The molecule has 0 radical (unpaired) electrons. The van der Waals surface area contributed by atoms with E-state index in [9.17, 15) is 0 Å². The second kappa shape index (κ2) is 16.9. The minimum atomic E-state index is 0.901. The standard InChI is InChI=1S/C51H51N/c1-11-17-21-40-28-31-43(32-35(40)7)51-45(15-5)38(10)50(49(20-13-3)46(51)16-6)42-29-26-41(27-30-42)36(8)33-52-34-44(25-24-37(52)9)48-23-18-22-39(14-4)47(48)19-12-2/h11-15,17-34H,1,4-5,9,16H2,2-3,6-8,10H3/b19-12-,20-13-,21-17-,36-33+. The molecule has 4 aromatic carbocycles. The molecule has 4 aromatic rings. The Morgan fingerprint density at radius 1 is 0.750 bits per heavy atom. The second-order valence-corrected chi connectivity index (χ2v) is 13.1. The Bertz CT molecular complexity index is 2220. The van der Waals surface area contributed by atoms with Gasteiger partial charge in [0.15, 0.2) is 0 Å². The predicted molar refractivity (Wildman–Crippen MR) is 233 cm³/mol. The molecule has 0 N–H and O–H groups in total. The van der Waals surface area contributed by atoms with Gasteiger partial charge in [0, 0.05) is 18.1 Å². The Labute approximate surface area is 312 Å². The lowest BCUT2D eigenvalue weighted by molar-refractivity contribution is 0.653. The molecule has 1 heteroatoms. The topological polar surface area (TPSA) is 3.24 Å². The smallest absolute Gasteiger partial charge is 0.0378 e. The van der Waals surface area contributed by atoms with E-state index >= 15 is 0 Å². The highest BCUT2D eigenvalue weighted by Crippen LogP contribution is 2.42. The molecule has 0 spiro atoms. The lowest BCUT2D eigenvalue weighted by Crippen LogP contribution is -2.11. The third kappa shape index (κ3) is 7.55. The fourth-order valence-electron chi connectivity index (χ4n) is 7.21. The Balaban J connectivity index is 1.56. The summed E-state index contributed by atoms with van der Waals surface area (Å²) in [6.07, 6.45) is 28.0. The first kappa shape index (κ1) is 37.3. The summed E-state index contributed by atoms with van der Waals surface area (Å²) in [4.78, 5) is 2.12. The number of rotatable bonds is 12. The van der Waals surface area contributed by atoms with E-state index in [2.05, 4.69) is 181 Å². The van der Waals surface area contributed by atoms with Crippen LogP contribution >= 0.6 is 0 Å². The average Bonchev–Trinajstić information content (AvgIpc) is 3.15. The van der Waals surface area contributed by atoms with Crippen molar-refractivity contribution in [2.24, 2.45) is 0 Å². The van der Waals surface area contributed by atoms with Crippen molar-refractivity contribution >= 4 is 41.5 Å². The van der Waals surface area contributed by atoms with E-state index in [0.717, 1.165) is 45.5 Å². The Morgan fingerprint density at radius 3 is 2.10 bits per heavy atom. The molecule has 0 amide bonds. The van der Waals surface area contributed by atoms with Gasteiger partial charge in [-0.15, -0.1) is 0 Å². The van der Waals surface area contributed by atoms with Gasteiger partial charge in [0.2, 0.25) is 0 Å². The van der Waals surface area contributed by atoms with E-state index in [1.165, 1.54) is 55.6 Å². The van der Waals surface area contributed by atoms with Gasteiger partial charge in [0.1, 0.15) is 0 Å². The quantitative estimate of drug-likeness (QED) is 0.135. The largest absolute Gasteiger partial charge is 0.324 e. The molecule has 1 heterocycles. The van der Waals surface area contributed by atoms with Crippen LogP contribution in [0.1, 0.15) is 83.3 Å². The fraction of sp³-hybridized carbons (Fsp3) is 0.137. The van der Waals surface area contributed by atoms with Crippen LogP contribution in [0.4, 0.5) is 0 Å². The Kier molecular flexibility index (Phi) is 12.1. The number of nitrogens with zero attached hydrogens (tertiary/aromatic N) is 1. The molecule has 1 aliphatic heterocycles. The summed E-state index contributed by atoms with van der Waals surface area (Å²) in [6, 6.07) is 22.1. The normalized spacial score (nSPS) is 13.4. The molecule has 52 heavy (non-hydrogen) atoms. The lowest BCUT2D eigenvalue weighted by atomic mass is 9.80. The zero-order chi connectivity index (χ0) is 37.4. The summed E-state index contributed by atoms with van der Waals surface area (Å²) >= 11 is 0. The van der Waals surface area contributed by atoms with Gasteiger partial charge in [0.25, 0.3) is 0 Å². The fourth-order valence-corrected chi connectivity index (χ4v) is 7.21. The Hall–Kier alpha value is -5.92. The van der Waals surface area contributed by atoms with Gasteiger partial charge in [-0.1, -0.05) is 155 Å². The summed E-state index contributed by atoms with van der Waals surface area (Å²) < 4.78 is 0. The monoisotopic (exact) mass is 677 g/mol. The van der Waals surface area contributed by atoms with Crippen molar-refractivity contribution in [3.05, 3.63) is 197 Å². The van der Waals surface area contributed by atoms with E-state index in [-0.39, 0.29) is 0 Å². The summed E-state index contributed by atoms with van der Waals surface area (Å²) in [5, 5.41) is 0. The van der Waals surface area contributed by atoms with E-state index in [1.54, 1.807) is 0 Å². The first-order chi connectivity index (χ1) is 25.2. The average molecular weight is 678 g/mol. The van der Waals surface area contributed by atoms with Crippen LogP contribution in [0.2, 0.25) is 0 Å². The van der Waals surface area contributed by atoms with Gasteiger partial charge in [-0.2, -0.15) is 0 Å². The van der Waals surface area contributed by atoms with Crippen LogP contribution in [-0.4, -0.2) is 4.90 Å². The van der Waals surface area contributed by atoms with Gasteiger partial charge in [-0.05, 0) is 136 Å². The van der Waals surface area contributed by atoms with Crippen LogP contribution in [0.3, 0.4) is 0 Å². The highest BCUT2D eigenvalue weighted by molar-refractivity contribution is 5.92. The summed E-state index contributed by atoms with van der Waals surface area (Å²) in [5.41, 5.74) is 20.2. The van der Waals surface area contributed by atoms with Crippen molar-refractivity contribution in [1.82, 2.24) is 4.90 Å². The maximum Gasteiger partial charge on any atom is 0.0378 e. The van der Waals surface area contributed by atoms with E-state index in [4.69, 9.17) is 0 Å². The van der Waals surface area contributed by atoms with Crippen molar-refractivity contribution in [3.8, 4) is 22.3 Å². The maximum absolute atomic E-state index is 4.33. The third-order valence-electron chi connectivity index (χ3n) is 9.84. The van der Waals surface area contributed by atoms with E-state index in [1.807, 2.05) is 31.2 Å².